The van der Waals surface area contributed by atoms with E-state index in [4.69, 9.17) is 9.47 Å². The first-order chi connectivity index (χ1) is 10.3. The molecular weight excluding hydrogens is 262 g/mol. The van der Waals surface area contributed by atoms with Gasteiger partial charge in [-0.1, -0.05) is 36.4 Å². The van der Waals surface area contributed by atoms with E-state index >= 15 is 0 Å². The Morgan fingerprint density at radius 3 is 2.67 bits per heavy atom. The minimum Gasteiger partial charge on any atom is -0.489 e. The van der Waals surface area contributed by atoms with Crippen molar-refractivity contribution in [3.63, 3.8) is 0 Å². The highest BCUT2D eigenvalue weighted by atomic mass is 16.5. The molecule has 1 aliphatic heterocycles. The lowest BCUT2D eigenvalue weighted by atomic mass is 10.0. The lowest BCUT2D eigenvalue weighted by molar-refractivity contribution is 0.0256. The number of fused-ring (bicyclic) bond motifs is 1. The number of ether oxygens (including phenoxy) is 2. The van der Waals surface area contributed by atoms with Crippen LogP contribution in [0, 0.1) is 0 Å². The van der Waals surface area contributed by atoms with Crippen LogP contribution in [0.3, 0.4) is 0 Å². The molecule has 1 atom stereocenters. The van der Waals surface area contributed by atoms with Crippen LogP contribution in [-0.2, 0) is 4.74 Å². The number of hydrogen-bond acceptors (Lipinski definition) is 3. The van der Waals surface area contributed by atoms with Gasteiger partial charge in [-0.15, -0.1) is 0 Å². The molecule has 2 aromatic carbocycles. The van der Waals surface area contributed by atoms with Crippen LogP contribution in [0.1, 0.15) is 31.4 Å². The molecule has 0 aliphatic carbocycles. The Kier molecular flexibility index (Phi) is 4.42. The Morgan fingerprint density at radius 2 is 1.90 bits per heavy atom. The van der Waals surface area contributed by atoms with Crippen LogP contribution >= 0.6 is 0 Å². The fourth-order valence-corrected chi connectivity index (χ4v) is 2.85. The van der Waals surface area contributed by atoms with Crippen molar-refractivity contribution in [3.8, 4) is 5.75 Å². The van der Waals surface area contributed by atoms with Crippen molar-refractivity contribution in [1.82, 2.24) is 5.32 Å². The summed E-state index contributed by atoms with van der Waals surface area (Å²) in [5.74, 6) is 1.03. The standard InChI is InChI=1S/C18H23NO2/c1-13(19-2)16-8-7-14-5-3-4-6-17(14)18(16)21-15-9-11-20-12-10-15/h3-8,13,15,19H,9-12H2,1-2H3. The minimum atomic E-state index is 0.257. The predicted octanol–water partition coefficient (Wildman–Crippen LogP) is 3.68. The van der Waals surface area contributed by atoms with Gasteiger partial charge in [0.05, 0.1) is 13.2 Å². The summed E-state index contributed by atoms with van der Waals surface area (Å²) in [7, 11) is 1.98. The van der Waals surface area contributed by atoms with Crippen molar-refractivity contribution in [2.45, 2.75) is 31.9 Å². The summed E-state index contributed by atoms with van der Waals surface area (Å²) in [6.45, 7) is 3.76. The van der Waals surface area contributed by atoms with Crippen LogP contribution in [-0.4, -0.2) is 26.4 Å². The lowest BCUT2D eigenvalue weighted by Gasteiger charge is -2.26. The van der Waals surface area contributed by atoms with E-state index in [1.807, 2.05) is 7.05 Å². The molecule has 1 unspecified atom stereocenters. The van der Waals surface area contributed by atoms with Gasteiger partial charge in [-0.25, -0.2) is 0 Å². The molecule has 1 saturated heterocycles. The van der Waals surface area contributed by atoms with Gasteiger partial charge >= 0.3 is 0 Å². The van der Waals surface area contributed by atoms with E-state index < -0.39 is 0 Å². The molecule has 0 aromatic heterocycles. The molecule has 3 heteroatoms. The summed E-state index contributed by atoms with van der Waals surface area (Å²) in [6, 6.07) is 13.1. The average molecular weight is 285 g/mol. The van der Waals surface area contributed by atoms with Crippen molar-refractivity contribution in [2.24, 2.45) is 0 Å². The second kappa shape index (κ2) is 6.46. The van der Waals surface area contributed by atoms with Crippen LogP contribution in [0.2, 0.25) is 0 Å². The van der Waals surface area contributed by atoms with Gasteiger partial charge in [-0.3, -0.25) is 0 Å². The van der Waals surface area contributed by atoms with E-state index in [1.54, 1.807) is 0 Å². The fraction of sp³-hybridized carbons (Fsp3) is 0.444. The molecule has 1 aliphatic rings. The molecule has 3 nitrogen and oxygen atoms in total. The van der Waals surface area contributed by atoms with Crippen LogP contribution in [0.4, 0.5) is 0 Å². The number of hydrogen-bond donors (Lipinski definition) is 1. The minimum absolute atomic E-state index is 0.257. The third-order valence-electron chi connectivity index (χ3n) is 4.26. The quantitative estimate of drug-likeness (QED) is 0.929. The van der Waals surface area contributed by atoms with Gasteiger partial charge in [0.15, 0.2) is 0 Å². The molecule has 0 saturated carbocycles. The van der Waals surface area contributed by atoms with Gasteiger partial charge in [0.1, 0.15) is 11.9 Å². The zero-order valence-electron chi connectivity index (χ0n) is 12.8. The molecule has 3 rings (SSSR count). The van der Waals surface area contributed by atoms with E-state index in [1.165, 1.54) is 16.3 Å². The van der Waals surface area contributed by atoms with E-state index in [2.05, 4.69) is 48.6 Å². The maximum atomic E-state index is 6.40. The third-order valence-corrected chi connectivity index (χ3v) is 4.26. The molecule has 1 heterocycles. The maximum Gasteiger partial charge on any atom is 0.132 e. The Hall–Kier alpha value is -1.58. The first-order valence-corrected chi connectivity index (χ1v) is 7.73. The molecule has 0 amide bonds. The highest BCUT2D eigenvalue weighted by Crippen LogP contribution is 2.35. The number of benzene rings is 2. The summed E-state index contributed by atoms with van der Waals surface area (Å²) in [6.07, 6.45) is 2.19. The summed E-state index contributed by atoms with van der Waals surface area (Å²) in [4.78, 5) is 0. The normalized spacial score (nSPS) is 17.8. The molecule has 0 spiro atoms. The maximum absolute atomic E-state index is 6.40. The van der Waals surface area contributed by atoms with E-state index in [0.717, 1.165) is 31.8 Å². The van der Waals surface area contributed by atoms with Gasteiger partial charge in [0, 0.05) is 29.8 Å². The van der Waals surface area contributed by atoms with Crippen LogP contribution in [0.15, 0.2) is 36.4 Å². The number of nitrogens with one attached hydrogen (secondary N) is 1. The monoisotopic (exact) mass is 285 g/mol. The van der Waals surface area contributed by atoms with E-state index in [9.17, 15) is 0 Å². The van der Waals surface area contributed by atoms with Crippen LogP contribution in [0.5, 0.6) is 5.75 Å². The van der Waals surface area contributed by atoms with Crippen LogP contribution < -0.4 is 10.1 Å². The SMILES string of the molecule is CNC(C)c1ccc2ccccc2c1OC1CCOCC1. The second-order valence-electron chi connectivity index (χ2n) is 5.64. The first kappa shape index (κ1) is 14.4. The molecular formula is C18H23NO2. The van der Waals surface area contributed by atoms with Crippen molar-refractivity contribution >= 4 is 10.8 Å². The summed E-state index contributed by atoms with van der Waals surface area (Å²) in [5, 5.41) is 5.74. The van der Waals surface area contributed by atoms with Gasteiger partial charge in [-0.05, 0) is 19.4 Å². The summed E-state index contributed by atoms with van der Waals surface area (Å²) >= 11 is 0. The van der Waals surface area contributed by atoms with Gasteiger partial charge < -0.3 is 14.8 Å². The zero-order valence-corrected chi connectivity index (χ0v) is 12.8. The smallest absolute Gasteiger partial charge is 0.132 e. The second-order valence-corrected chi connectivity index (χ2v) is 5.64. The Labute approximate surface area is 126 Å². The largest absolute Gasteiger partial charge is 0.489 e. The van der Waals surface area contributed by atoms with Gasteiger partial charge in [-0.2, -0.15) is 0 Å². The van der Waals surface area contributed by atoms with Crippen molar-refractivity contribution in [1.29, 1.82) is 0 Å². The Morgan fingerprint density at radius 1 is 1.14 bits per heavy atom. The zero-order chi connectivity index (χ0) is 14.7. The Balaban J connectivity index is 2.02. The fourth-order valence-electron chi connectivity index (χ4n) is 2.85. The lowest BCUT2D eigenvalue weighted by Crippen LogP contribution is -2.27. The Bertz CT molecular complexity index is 605. The van der Waals surface area contributed by atoms with Gasteiger partial charge in [0.25, 0.3) is 0 Å². The van der Waals surface area contributed by atoms with Crippen molar-refractivity contribution < 1.29 is 9.47 Å². The van der Waals surface area contributed by atoms with Crippen molar-refractivity contribution in [3.05, 3.63) is 42.0 Å². The summed E-state index contributed by atoms with van der Waals surface area (Å²) < 4.78 is 11.8. The van der Waals surface area contributed by atoms with Crippen molar-refractivity contribution in [2.75, 3.05) is 20.3 Å². The molecule has 1 N–H and O–H groups in total. The first-order valence-electron chi connectivity index (χ1n) is 7.73. The molecule has 0 bridgehead atoms. The molecule has 1 fully saturated rings. The number of rotatable bonds is 4. The highest BCUT2D eigenvalue weighted by Gasteiger charge is 2.20. The third kappa shape index (κ3) is 3.04. The molecule has 0 radical (unpaired) electrons. The summed E-state index contributed by atoms with van der Waals surface area (Å²) in [5.41, 5.74) is 1.22. The highest BCUT2D eigenvalue weighted by molar-refractivity contribution is 5.89. The van der Waals surface area contributed by atoms with Crippen LogP contribution in [0.25, 0.3) is 10.8 Å². The molecule has 2 aromatic rings. The average Bonchev–Trinajstić information content (AvgIpc) is 2.55. The molecule has 112 valence electrons. The van der Waals surface area contributed by atoms with E-state index in [-0.39, 0.29) is 12.1 Å². The van der Waals surface area contributed by atoms with Gasteiger partial charge in [0.2, 0.25) is 0 Å². The predicted molar refractivity (Wildman–Crippen MR) is 85.9 cm³/mol. The van der Waals surface area contributed by atoms with E-state index in [0.29, 0.717) is 0 Å². The molecule has 21 heavy (non-hydrogen) atoms. The topological polar surface area (TPSA) is 30.5 Å².